The fraction of sp³-hybridized carbons (Fsp3) is 1.00. The zero-order chi connectivity index (χ0) is 17.7. The molecule has 4 saturated carbocycles. The van der Waals surface area contributed by atoms with Crippen molar-refractivity contribution < 1.29 is 5.11 Å². The largest absolute Gasteiger partial charge is 0.396 e. The summed E-state index contributed by atoms with van der Waals surface area (Å²) in [5.74, 6) is 5.85. The molecular weight excluding hydrogens is 304 g/mol. The van der Waals surface area contributed by atoms with Gasteiger partial charge in [0.15, 0.2) is 0 Å². The van der Waals surface area contributed by atoms with Gasteiger partial charge in [0.1, 0.15) is 0 Å². The van der Waals surface area contributed by atoms with Crippen molar-refractivity contribution in [3.8, 4) is 0 Å². The minimum Gasteiger partial charge on any atom is -0.396 e. The van der Waals surface area contributed by atoms with Gasteiger partial charge in [-0.05, 0) is 111 Å². The summed E-state index contributed by atoms with van der Waals surface area (Å²) < 4.78 is 0. The Morgan fingerprint density at radius 2 is 1.68 bits per heavy atom. The normalized spacial score (nSPS) is 50.6. The van der Waals surface area contributed by atoms with Crippen LogP contribution in [0.2, 0.25) is 0 Å². The second-order valence-corrected chi connectivity index (χ2v) is 11.0. The van der Waals surface area contributed by atoms with E-state index in [-0.39, 0.29) is 0 Å². The predicted molar refractivity (Wildman–Crippen MR) is 105 cm³/mol. The van der Waals surface area contributed by atoms with Crippen LogP contribution in [0.15, 0.2) is 0 Å². The zero-order valence-corrected chi connectivity index (χ0v) is 17.1. The van der Waals surface area contributed by atoms with E-state index in [1.165, 1.54) is 64.2 Å². The van der Waals surface area contributed by atoms with Gasteiger partial charge in [0.05, 0.1) is 0 Å². The molecule has 0 aromatic rings. The summed E-state index contributed by atoms with van der Waals surface area (Å²) in [6.45, 7) is 8.24. The number of hydrogen-bond donors (Lipinski definition) is 1. The standard InChI is InChI=1S/C24H42O/c1-17(7-6-16-25)20-11-12-21-19-10-9-18-8-4-5-14-23(18,2)22(19)13-15-24(20,21)3/h17-22,25H,4-16H2,1-3H3/t17-,18+,19+,20-,21+,22+,23-,24-/m0/s1. The van der Waals surface area contributed by atoms with Crippen molar-refractivity contribution in [2.75, 3.05) is 6.61 Å². The molecule has 0 bridgehead atoms. The van der Waals surface area contributed by atoms with E-state index in [4.69, 9.17) is 0 Å². The van der Waals surface area contributed by atoms with Gasteiger partial charge in [-0.2, -0.15) is 0 Å². The van der Waals surface area contributed by atoms with Crippen LogP contribution in [0.25, 0.3) is 0 Å². The molecule has 0 unspecified atom stereocenters. The first-order valence-corrected chi connectivity index (χ1v) is 11.6. The Balaban J connectivity index is 1.53. The maximum Gasteiger partial charge on any atom is 0.0431 e. The fourth-order valence-electron chi connectivity index (χ4n) is 8.88. The third-order valence-corrected chi connectivity index (χ3v) is 10.2. The van der Waals surface area contributed by atoms with Gasteiger partial charge in [-0.15, -0.1) is 0 Å². The average Bonchev–Trinajstić information content (AvgIpc) is 2.96. The molecule has 0 radical (unpaired) electrons. The van der Waals surface area contributed by atoms with Crippen molar-refractivity contribution in [2.45, 2.75) is 97.8 Å². The zero-order valence-electron chi connectivity index (χ0n) is 17.1. The third kappa shape index (κ3) is 2.82. The SMILES string of the molecule is C[C@@H](CCCO)[C@@H]1CC[C@@H]2[C@H]3CC[C@H]4CCCC[C@]4(C)[C@@H]3CC[C@]21C. The quantitative estimate of drug-likeness (QED) is 0.620. The highest BCUT2D eigenvalue weighted by Crippen LogP contribution is 2.68. The topological polar surface area (TPSA) is 20.2 Å². The number of rotatable bonds is 4. The number of fused-ring (bicyclic) bond motifs is 5. The first-order chi connectivity index (χ1) is 12.0. The molecule has 0 aliphatic heterocycles. The van der Waals surface area contributed by atoms with E-state index in [9.17, 15) is 5.11 Å². The van der Waals surface area contributed by atoms with Crippen molar-refractivity contribution in [1.82, 2.24) is 0 Å². The highest BCUT2D eigenvalue weighted by atomic mass is 16.2. The minimum absolute atomic E-state index is 0.377. The van der Waals surface area contributed by atoms with Crippen LogP contribution in [-0.4, -0.2) is 11.7 Å². The summed E-state index contributed by atoms with van der Waals surface area (Å²) in [7, 11) is 0. The highest BCUT2D eigenvalue weighted by Gasteiger charge is 2.59. The van der Waals surface area contributed by atoms with Gasteiger partial charge in [0.25, 0.3) is 0 Å². The molecule has 0 aromatic heterocycles. The molecule has 8 atom stereocenters. The number of aliphatic hydroxyl groups excluding tert-OH is 1. The third-order valence-electron chi connectivity index (χ3n) is 10.2. The second-order valence-electron chi connectivity index (χ2n) is 11.0. The Morgan fingerprint density at radius 1 is 0.880 bits per heavy atom. The summed E-state index contributed by atoms with van der Waals surface area (Å²) >= 11 is 0. The molecule has 0 heterocycles. The molecule has 1 nitrogen and oxygen atoms in total. The second kappa shape index (κ2) is 6.84. The molecule has 4 fully saturated rings. The Bertz CT molecular complexity index is 473. The van der Waals surface area contributed by atoms with Crippen molar-refractivity contribution in [3.63, 3.8) is 0 Å². The molecule has 0 saturated heterocycles. The van der Waals surface area contributed by atoms with Crippen LogP contribution < -0.4 is 0 Å². The molecule has 4 aliphatic rings. The van der Waals surface area contributed by atoms with Crippen molar-refractivity contribution in [1.29, 1.82) is 0 Å². The number of aliphatic hydroxyl groups is 1. The van der Waals surface area contributed by atoms with Gasteiger partial charge in [0, 0.05) is 6.61 Å². The maximum atomic E-state index is 9.25. The lowest BCUT2D eigenvalue weighted by molar-refractivity contribution is -0.114. The lowest BCUT2D eigenvalue weighted by atomic mass is 9.44. The summed E-state index contributed by atoms with van der Waals surface area (Å²) in [5, 5.41) is 9.25. The summed E-state index contributed by atoms with van der Waals surface area (Å²) in [5.41, 5.74) is 1.29. The minimum atomic E-state index is 0.377. The Labute approximate surface area is 156 Å². The highest BCUT2D eigenvalue weighted by molar-refractivity contribution is 5.09. The Kier molecular flexibility index (Phi) is 5.02. The summed E-state index contributed by atoms with van der Waals surface area (Å²) in [6, 6.07) is 0. The van der Waals surface area contributed by atoms with Gasteiger partial charge >= 0.3 is 0 Å². The Morgan fingerprint density at radius 3 is 2.48 bits per heavy atom. The smallest absolute Gasteiger partial charge is 0.0431 e. The van der Waals surface area contributed by atoms with Gasteiger partial charge in [-0.1, -0.05) is 33.6 Å². The molecule has 0 aromatic carbocycles. The van der Waals surface area contributed by atoms with E-state index in [1.54, 1.807) is 6.42 Å². The van der Waals surface area contributed by atoms with E-state index in [2.05, 4.69) is 20.8 Å². The lowest BCUT2D eigenvalue weighted by Gasteiger charge is -2.61. The first kappa shape index (κ1) is 18.3. The monoisotopic (exact) mass is 346 g/mol. The summed E-state index contributed by atoms with van der Waals surface area (Å²) in [6.07, 6.45) is 17.4. The summed E-state index contributed by atoms with van der Waals surface area (Å²) in [4.78, 5) is 0. The van der Waals surface area contributed by atoms with Gasteiger partial charge in [0.2, 0.25) is 0 Å². The molecular formula is C24H42O. The first-order valence-electron chi connectivity index (χ1n) is 11.6. The van der Waals surface area contributed by atoms with E-state index in [0.29, 0.717) is 17.4 Å². The van der Waals surface area contributed by atoms with E-state index in [0.717, 1.165) is 41.9 Å². The van der Waals surface area contributed by atoms with Crippen LogP contribution in [0.5, 0.6) is 0 Å². The molecule has 0 spiro atoms. The van der Waals surface area contributed by atoms with Gasteiger partial charge in [-0.25, -0.2) is 0 Å². The van der Waals surface area contributed by atoms with E-state index in [1.807, 2.05) is 0 Å². The van der Waals surface area contributed by atoms with Crippen LogP contribution in [0.4, 0.5) is 0 Å². The van der Waals surface area contributed by atoms with Gasteiger partial charge < -0.3 is 5.11 Å². The predicted octanol–water partition coefficient (Wildman–Crippen LogP) is 6.44. The molecule has 1 heteroatoms. The van der Waals surface area contributed by atoms with Crippen LogP contribution >= 0.6 is 0 Å². The molecule has 4 aliphatic carbocycles. The van der Waals surface area contributed by atoms with Crippen molar-refractivity contribution in [3.05, 3.63) is 0 Å². The molecule has 25 heavy (non-hydrogen) atoms. The maximum absolute atomic E-state index is 9.25. The van der Waals surface area contributed by atoms with Crippen LogP contribution in [0.1, 0.15) is 97.8 Å². The van der Waals surface area contributed by atoms with E-state index < -0.39 is 0 Å². The van der Waals surface area contributed by atoms with Gasteiger partial charge in [-0.3, -0.25) is 0 Å². The average molecular weight is 347 g/mol. The van der Waals surface area contributed by atoms with Crippen molar-refractivity contribution >= 4 is 0 Å². The number of hydrogen-bond acceptors (Lipinski definition) is 1. The van der Waals surface area contributed by atoms with Crippen LogP contribution in [0, 0.1) is 46.3 Å². The molecule has 0 amide bonds. The van der Waals surface area contributed by atoms with Crippen LogP contribution in [-0.2, 0) is 0 Å². The molecule has 4 rings (SSSR count). The molecule has 144 valence electrons. The van der Waals surface area contributed by atoms with E-state index >= 15 is 0 Å². The lowest BCUT2D eigenvalue weighted by Crippen LogP contribution is -2.53. The Hall–Kier alpha value is -0.0400. The van der Waals surface area contributed by atoms with Crippen LogP contribution in [0.3, 0.4) is 0 Å². The van der Waals surface area contributed by atoms with Crippen molar-refractivity contribution in [2.24, 2.45) is 46.3 Å². The fourth-order valence-corrected chi connectivity index (χ4v) is 8.88. The molecule has 1 N–H and O–H groups in total.